The van der Waals surface area contributed by atoms with Gasteiger partial charge in [-0.1, -0.05) is 32.1 Å². The van der Waals surface area contributed by atoms with Crippen LogP contribution in [0.2, 0.25) is 0 Å². The van der Waals surface area contributed by atoms with Crippen molar-refractivity contribution in [2.75, 3.05) is 27.2 Å². The second-order valence-electron chi connectivity index (χ2n) is 7.91. The van der Waals surface area contributed by atoms with Crippen molar-refractivity contribution in [3.8, 4) is 0 Å². The predicted molar refractivity (Wildman–Crippen MR) is 99.0 cm³/mol. The van der Waals surface area contributed by atoms with Crippen LogP contribution in [0, 0.1) is 10.8 Å². The van der Waals surface area contributed by atoms with Crippen molar-refractivity contribution in [2.45, 2.75) is 64.2 Å². The van der Waals surface area contributed by atoms with Crippen molar-refractivity contribution in [3.63, 3.8) is 0 Å². The van der Waals surface area contributed by atoms with Crippen LogP contribution in [0.4, 0.5) is 0 Å². The summed E-state index contributed by atoms with van der Waals surface area (Å²) in [7, 11) is 3.60. The third-order valence-corrected chi connectivity index (χ3v) is 5.93. The average Bonchev–Trinajstić information content (AvgIpc) is 3.03. The summed E-state index contributed by atoms with van der Waals surface area (Å²) in [4.78, 5) is 26.7. The van der Waals surface area contributed by atoms with Crippen molar-refractivity contribution < 1.29 is 9.59 Å². The van der Waals surface area contributed by atoms with E-state index in [1.807, 2.05) is 0 Å². The van der Waals surface area contributed by atoms with Gasteiger partial charge in [-0.15, -0.1) is 12.4 Å². The van der Waals surface area contributed by atoms with E-state index < -0.39 is 0 Å². The number of carbonyl (C=O) groups excluding carboxylic acids is 2. The fourth-order valence-corrected chi connectivity index (χ4v) is 4.42. The smallest absolute Gasteiger partial charge is 0.230 e. The summed E-state index contributed by atoms with van der Waals surface area (Å²) < 4.78 is 0. The molecule has 2 fully saturated rings. The molecule has 2 amide bonds. The van der Waals surface area contributed by atoms with Gasteiger partial charge in [-0.25, -0.2) is 0 Å². The molecule has 3 N–H and O–H groups in total. The minimum absolute atomic E-state index is 0. The molecule has 0 aromatic rings. The number of hydrogen-bond donors (Lipinski definition) is 2. The van der Waals surface area contributed by atoms with Crippen molar-refractivity contribution in [3.05, 3.63) is 0 Å². The molecule has 24 heavy (non-hydrogen) atoms. The monoisotopic (exact) mass is 359 g/mol. The Morgan fingerprint density at radius 1 is 1.00 bits per heavy atom. The Labute approximate surface area is 152 Å². The number of nitrogens with one attached hydrogen (secondary N) is 1. The number of nitrogens with zero attached hydrogens (tertiary/aromatic N) is 1. The second-order valence-corrected chi connectivity index (χ2v) is 7.91. The van der Waals surface area contributed by atoms with E-state index in [-0.39, 0.29) is 35.1 Å². The topological polar surface area (TPSA) is 75.4 Å². The van der Waals surface area contributed by atoms with Crippen molar-refractivity contribution in [2.24, 2.45) is 16.6 Å². The first-order valence-electron chi connectivity index (χ1n) is 9.12. The van der Waals surface area contributed by atoms with E-state index in [1.54, 1.807) is 19.0 Å². The van der Waals surface area contributed by atoms with Crippen LogP contribution in [-0.4, -0.2) is 43.9 Å². The summed E-state index contributed by atoms with van der Waals surface area (Å²) in [5.74, 6) is 0.219. The molecule has 0 aliphatic heterocycles. The van der Waals surface area contributed by atoms with Gasteiger partial charge < -0.3 is 16.0 Å². The molecule has 0 bridgehead atoms. The number of carbonyl (C=O) groups is 2. The van der Waals surface area contributed by atoms with Gasteiger partial charge in [0.2, 0.25) is 11.8 Å². The summed E-state index contributed by atoms with van der Waals surface area (Å²) in [6, 6.07) is 0. The lowest BCUT2D eigenvalue weighted by Crippen LogP contribution is -2.47. The average molecular weight is 360 g/mol. The third kappa shape index (κ3) is 4.85. The fourth-order valence-electron chi connectivity index (χ4n) is 4.42. The van der Waals surface area contributed by atoms with Crippen LogP contribution in [0.1, 0.15) is 64.2 Å². The van der Waals surface area contributed by atoms with E-state index in [1.165, 1.54) is 19.3 Å². The lowest BCUT2D eigenvalue weighted by molar-refractivity contribution is -0.139. The number of halogens is 1. The number of nitrogens with two attached hydrogens (primary N) is 1. The maximum absolute atomic E-state index is 12.5. The molecule has 0 saturated heterocycles. The number of hydrogen-bond acceptors (Lipinski definition) is 3. The van der Waals surface area contributed by atoms with Gasteiger partial charge >= 0.3 is 0 Å². The molecule has 2 rings (SSSR count). The van der Waals surface area contributed by atoms with Gasteiger partial charge in [0, 0.05) is 27.1 Å². The highest BCUT2D eigenvalue weighted by Crippen LogP contribution is 2.40. The molecule has 2 saturated carbocycles. The van der Waals surface area contributed by atoms with Gasteiger partial charge in [-0.3, -0.25) is 9.59 Å². The minimum atomic E-state index is -0.387. The molecule has 0 unspecified atom stereocenters. The van der Waals surface area contributed by atoms with Crippen molar-refractivity contribution in [1.82, 2.24) is 10.2 Å². The lowest BCUT2D eigenvalue weighted by atomic mass is 9.71. The van der Waals surface area contributed by atoms with Gasteiger partial charge in [-0.05, 0) is 37.6 Å². The highest BCUT2D eigenvalue weighted by molar-refractivity contribution is 5.85. The van der Waals surface area contributed by atoms with Gasteiger partial charge in [-0.2, -0.15) is 0 Å². The van der Waals surface area contributed by atoms with Crippen molar-refractivity contribution >= 4 is 24.2 Å². The van der Waals surface area contributed by atoms with Crippen LogP contribution in [0.3, 0.4) is 0 Å². The minimum Gasteiger partial charge on any atom is -0.355 e. The zero-order valence-corrected chi connectivity index (χ0v) is 16.1. The lowest BCUT2D eigenvalue weighted by Gasteiger charge is -2.36. The summed E-state index contributed by atoms with van der Waals surface area (Å²) >= 11 is 0. The molecular formula is C18H34ClN3O2. The standard InChI is InChI=1S/C18H33N3O2.ClH/c1-21(2)16(23)18(10-6-7-11-18)14-20-15(22)12-17(13-19)8-4-3-5-9-17;/h3-14,19H2,1-2H3,(H,20,22);1H. The summed E-state index contributed by atoms with van der Waals surface area (Å²) in [6.45, 7) is 1.06. The van der Waals surface area contributed by atoms with Gasteiger partial charge in [0.1, 0.15) is 0 Å². The van der Waals surface area contributed by atoms with Gasteiger partial charge in [0.05, 0.1) is 5.41 Å². The Kier molecular flexibility index (Phi) is 8.00. The molecule has 0 heterocycles. The van der Waals surface area contributed by atoms with E-state index in [2.05, 4.69) is 5.32 Å². The van der Waals surface area contributed by atoms with Gasteiger partial charge in [0.15, 0.2) is 0 Å². The SMILES string of the molecule is CN(C)C(=O)C1(CNC(=O)CC2(CN)CCCCC2)CCCC1.Cl. The Balaban J connectivity index is 0.00000288. The molecule has 0 spiro atoms. The Morgan fingerprint density at radius 3 is 2.04 bits per heavy atom. The normalized spacial score (nSPS) is 21.6. The Bertz CT molecular complexity index is 428. The molecule has 0 atom stereocenters. The van der Waals surface area contributed by atoms with E-state index >= 15 is 0 Å². The summed E-state index contributed by atoms with van der Waals surface area (Å²) in [6.07, 6.45) is 10.1. The Hall–Kier alpha value is -0.810. The first-order valence-corrected chi connectivity index (χ1v) is 9.12. The first-order chi connectivity index (χ1) is 10.9. The van der Waals surface area contributed by atoms with Crippen LogP contribution in [0.15, 0.2) is 0 Å². The molecule has 0 radical (unpaired) electrons. The van der Waals surface area contributed by atoms with E-state index in [0.717, 1.165) is 38.5 Å². The maximum atomic E-state index is 12.5. The molecule has 5 nitrogen and oxygen atoms in total. The zero-order chi connectivity index (χ0) is 16.9. The van der Waals surface area contributed by atoms with E-state index in [9.17, 15) is 9.59 Å². The fraction of sp³-hybridized carbons (Fsp3) is 0.889. The van der Waals surface area contributed by atoms with Crippen LogP contribution < -0.4 is 11.1 Å². The molecule has 2 aliphatic rings. The van der Waals surface area contributed by atoms with Crippen LogP contribution in [0.25, 0.3) is 0 Å². The van der Waals surface area contributed by atoms with Gasteiger partial charge in [0.25, 0.3) is 0 Å². The van der Waals surface area contributed by atoms with Crippen molar-refractivity contribution in [1.29, 1.82) is 0 Å². The quantitative estimate of drug-likeness (QED) is 0.764. The third-order valence-electron chi connectivity index (χ3n) is 5.93. The zero-order valence-electron chi connectivity index (χ0n) is 15.2. The molecule has 2 aliphatic carbocycles. The molecule has 0 aromatic carbocycles. The Morgan fingerprint density at radius 2 is 1.54 bits per heavy atom. The largest absolute Gasteiger partial charge is 0.355 e. The maximum Gasteiger partial charge on any atom is 0.230 e. The van der Waals surface area contributed by atoms with E-state index in [4.69, 9.17) is 5.73 Å². The van der Waals surface area contributed by atoms with Crippen LogP contribution in [0.5, 0.6) is 0 Å². The number of rotatable bonds is 6. The first kappa shape index (κ1) is 21.2. The molecule has 140 valence electrons. The van der Waals surface area contributed by atoms with E-state index in [0.29, 0.717) is 19.5 Å². The second kappa shape index (κ2) is 9.04. The summed E-state index contributed by atoms with van der Waals surface area (Å²) in [5.41, 5.74) is 5.57. The van der Waals surface area contributed by atoms with Crippen LogP contribution >= 0.6 is 12.4 Å². The summed E-state index contributed by atoms with van der Waals surface area (Å²) in [5, 5.41) is 3.07. The highest BCUT2D eigenvalue weighted by Gasteiger charge is 2.42. The van der Waals surface area contributed by atoms with Crippen LogP contribution in [-0.2, 0) is 9.59 Å². The highest BCUT2D eigenvalue weighted by atomic mass is 35.5. The molecular weight excluding hydrogens is 326 g/mol. The molecule has 0 aromatic heterocycles. The number of amides is 2. The molecule has 6 heteroatoms. The predicted octanol–water partition coefficient (Wildman–Crippen LogP) is 2.47.